The fourth-order valence-electron chi connectivity index (χ4n) is 3.54. The summed E-state index contributed by atoms with van der Waals surface area (Å²) in [5.41, 5.74) is 2.77. The molecule has 0 saturated carbocycles. The van der Waals surface area contributed by atoms with Crippen LogP contribution in [0.15, 0.2) is 59.5 Å². The summed E-state index contributed by atoms with van der Waals surface area (Å²) in [7, 11) is 0. The van der Waals surface area contributed by atoms with Crippen molar-refractivity contribution in [2.75, 3.05) is 6.61 Å². The van der Waals surface area contributed by atoms with Crippen LogP contribution in [-0.2, 0) is 17.9 Å². The third-order valence-electron chi connectivity index (χ3n) is 5.38. The van der Waals surface area contributed by atoms with Crippen molar-refractivity contribution in [1.29, 1.82) is 0 Å². The molecule has 0 aromatic heterocycles. The number of ether oxygens (including phenoxy) is 2. The van der Waals surface area contributed by atoms with Crippen LogP contribution in [0.25, 0.3) is 6.08 Å². The summed E-state index contributed by atoms with van der Waals surface area (Å²) in [5, 5.41) is -0.0659. The molecule has 0 radical (unpaired) electrons. The van der Waals surface area contributed by atoms with Gasteiger partial charge in [0.25, 0.3) is 11.1 Å². The second-order valence-corrected chi connectivity index (χ2v) is 9.81. The van der Waals surface area contributed by atoms with E-state index in [0.717, 1.165) is 27.8 Å². The van der Waals surface area contributed by atoms with Gasteiger partial charge in [-0.3, -0.25) is 14.5 Å². The fraction of sp³-hybridized carbons (Fsp3) is 0.185. The van der Waals surface area contributed by atoms with Gasteiger partial charge in [0.15, 0.2) is 11.5 Å². The predicted molar refractivity (Wildman–Crippen MR) is 141 cm³/mol. The maximum absolute atomic E-state index is 14.2. The minimum absolute atomic E-state index is 0.0828. The number of thioether (sulfide) groups is 1. The zero-order chi connectivity index (χ0) is 25.8. The monoisotopic (exact) mass is 545 g/mol. The van der Waals surface area contributed by atoms with E-state index in [0.29, 0.717) is 35.3 Å². The third-order valence-corrected chi connectivity index (χ3v) is 6.93. The van der Waals surface area contributed by atoms with E-state index in [9.17, 15) is 14.0 Å². The average molecular weight is 546 g/mol. The number of carbonyl (C=O) groups is 2. The van der Waals surface area contributed by atoms with Crippen LogP contribution in [-0.4, -0.2) is 22.7 Å². The lowest BCUT2D eigenvalue weighted by Gasteiger charge is -2.15. The Morgan fingerprint density at radius 3 is 2.47 bits per heavy atom. The van der Waals surface area contributed by atoms with Crippen molar-refractivity contribution in [3.8, 4) is 11.5 Å². The molecule has 4 rings (SSSR count). The van der Waals surface area contributed by atoms with Crippen molar-refractivity contribution in [2.45, 2.75) is 27.0 Å². The third kappa shape index (κ3) is 5.86. The molecule has 3 aromatic carbocycles. The maximum Gasteiger partial charge on any atom is 0.293 e. The lowest BCUT2D eigenvalue weighted by molar-refractivity contribution is -0.123. The molecule has 0 aliphatic carbocycles. The number of benzene rings is 3. The Labute approximate surface area is 222 Å². The highest BCUT2D eigenvalue weighted by Gasteiger charge is 2.36. The number of amides is 2. The topological polar surface area (TPSA) is 55.8 Å². The van der Waals surface area contributed by atoms with Gasteiger partial charge < -0.3 is 9.47 Å². The first kappa shape index (κ1) is 26.1. The molecule has 0 N–H and O–H groups in total. The molecule has 5 nitrogen and oxygen atoms in total. The van der Waals surface area contributed by atoms with Gasteiger partial charge >= 0.3 is 0 Å². The minimum atomic E-state index is -0.583. The van der Waals surface area contributed by atoms with Crippen LogP contribution in [0, 0.1) is 12.7 Å². The number of rotatable bonds is 8. The van der Waals surface area contributed by atoms with Crippen molar-refractivity contribution in [1.82, 2.24) is 4.90 Å². The molecule has 0 bridgehead atoms. The van der Waals surface area contributed by atoms with Crippen molar-refractivity contribution in [3.63, 3.8) is 0 Å². The highest BCUT2D eigenvalue weighted by molar-refractivity contribution is 8.18. The van der Waals surface area contributed by atoms with Crippen LogP contribution >= 0.6 is 35.0 Å². The Kier molecular flexibility index (Phi) is 8.24. The number of hydrogen-bond acceptors (Lipinski definition) is 5. The molecular weight excluding hydrogens is 524 g/mol. The van der Waals surface area contributed by atoms with Gasteiger partial charge in [0.05, 0.1) is 23.1 Å². The fourth-order valence-corrected chi connectivity index (χ4v) is 4.88. The van der Waals surface area contributed by atoms with Crippen molar-refractivity contribution >= 4 is 52.2 Å². The van der Waals surface area contributed by atoms with Crippen LogP contribution in [0.5, 0.6) is 11.5 Å². The average Bonchev–Trinajstić information content (AvgIpc) is 3.09. The molecule has 1 aliphatic heterocycles. The molecule has 9 heteroatoms. The summed E-state index contributed by atoms with van der Waals surface area (Å²) < 4.78 is 25.9. The molecule has 1 fully saturated rings. The van der Waals surface area contributed by atoms with Crippen LogP contribution < -0.4 is 9.47 Å². The highest BCUT2D eigenvalue weighted by Crippen LogP contribution is 2.40. The lowest BCUT2D eigenvalue weighted by Crippen LogP contribution is -2.28. The number of nitrogens with zero attached hydrogens (tertiary/aromatic N) is 1. The molecular formula is C27H22Cl2FNO4S. The number of aryl methyl sites for hydroxylation is 1. The van der Waals surface area contributed by atoms with Gasteiger partial charge in [-0.1, -0.05) is 59.1 Å². The summed E-state index contributed by atoms with van der Waals surface area (Å²) in [5.74, 6) is -0.322. The van der Waals surface area contributed by atoms with E-state index < -0.39 is 17.0 Å². The Balaban J connectivity index is 1.56. The van der Waals surface area contributed by atoms with E-state index in [4.69, 9.17) is 32.7 Å². The molecule has 186 valence electrons. The SMILES string of the molecule is CCOc1cc(/C=C2\SC(=O)N(Cc3c(F)cccc3Cl)C2=O)cc(Cl)c1OCc1ccc(C)cc1. The first-order valence-electron chi connectivity index (χ1n) is 11.1. The standard InChI is InChI=1S/C27H22Cl2FNO4S/c1-3-34-23-12-18(11-21(29)25(23)35-15-17-9-7-16(2)8-10-17)13-24-26(32)31(27(33)36-24)14-19-20(28)5-4-6-22(19)30/h4-13H,3,14-15H2,1-2H3/b24-13-. The summed E-state index contributed by atoms with van der Waals surface area (Å²) in [6.45, 7) is 4.27. The van der Waals surface area contributed by atoms with Crippen LogP contribution in [0.3, 0.4) is 0 Å². The molecule has 1 heterocycles. The van der Waals surface area contributed by atoms with E-state index >= 15 is 0 Å². The summed E-state index contributed by atoms with van der Waals surface area (Å²) in [6, 6.07) is 15.5. The summed E-state index contributed by atoms with van der Waals surface area (Å²) in [4.78, 5) is 26.6. The Bertz CT molecular complexity index is 1320. The first-order valence-corrected chi connectivity index (χ1v) is 12.7. The number of halogens is 3. The molecule has 0 unspecified atom stereocenters. The van der Waals surface area contributed by atoms with Crippen molar-refractivity contribution in [2.24, 2.45) is 0 Å². The van der Waals surface area contributed by atoms with Gasteiger partial charge in [0.2, 0.25) is 0 Å². The number of imide groups is 1. The lowest BCUT2D eigenvalue weighted by atomic mass is 10.1. The zero-order valence-corrected chi connectivity index (χ0v) is 21.8. The smallest absolute Gasteiger partial charge is 0.293 e. The van der Waals surface area contributed by atoms with E-state index in [-0.39, 0.29) is 22.0 Å². The highest BCUT2D eigenvalue weighted by atomic mass is 35.5. The summed E-state index contributed by atoms with van der Waals surface area (Å²) >= 11 is 13.4. The molecule has 36 heavy (non-hydrogen) atoms. The molecule has 0 spiro atoms. The predicted octanol–water partition coefficient (Wildman–Crippen LogP) is 7.66. The molecule has 0 atom stereocenters. The van der Waals surface area contributed by atoms with Gasteiger partial charge in [-0.05, 0) is 67.1 Å². The largest absolute Gasteiger partial charge is 0.490 e. The first-order chi connectivity index (χ1) is 17.3. The second kappa shape index (κ2) is 11.4. The van der Waals surface area contributed by atoms with Gasteiger partial charge in [-0.15, -0.1) is 0 Å². The van der Waals surface area contributed by atoms with Crippen LogP contribution in [0.4, 0.5) is 9.18 Å². The second-order valence-electron chi connectivity index (χ2n) is 8.01. The molecule has 3 aromatic rings. The van der Waals surface area contributed by atoms with Gasteiger partial charge in [0.1, 0.15) is 12.4 Å². The molecule has 2 amide bonds. The van der Waals surface area contributed by atoms with E-state index in [1.807, 2.05) is 38.1 Å². The Hall–Kier alpha value is -3.00. The zero-order valence-electron chi connectivity index (χ0n) is 19.5. The van der Waals surface area contributed by atoms with Crippen molar-refractivity contribution in [3.05, 3.63) is 97.6 Å². The molecule has 1 saturated heterocycles. The van der Waals surface area contributed by atoms with E-state index in [1.54, 1.807) is 18.2 Å². The van der Waals surface area contributed by atoms with E-state index in [1.165, 1.54) is 18.2 Å². The maximum atomic E-state index is 14.2. The number of carbonyl (C=O) groups excluding carboxylic acids is 2. The quantitative estimate of drug-likeness (QED) is 0.272. The Morgan fingerprint density at radius 2 is 1.78 bits per heavy atom. The van der Waals surface area contributed by atoms with Crippen LogP contribution in [0.1, 0.15) is 29.2 Å². The normalized spacial score (nSPS) is 14.6. The number of hydrogen-bond donors (Lipinski definition) is 0. The van der Waals surface area contributed by atoms with Gasteiger partial charge in [-0.25, -0.2) is 4.39 Å². The minimum Gasteiger partial charge on any atom is -0.490 e. The van der Waals surface area contributed by atoms with E-state index in [2.05, 4.69) is 0 Å². The van der Waals surface area contributed by atoms with Crippen LogP contribution in [0.2, 0.25) is 10.0 Å². The molecule has 1 aliphatic rings. The van der Waals surface area contributed by atoms with Gasteiger partial charge in [0, 0.05) is 10.6 Å². The Morgan fingerprint density at radius 1 is 1.03 bits per heavy atom. The van der Waals surface area contributed by atoms with Crippen molar-refractivity contribution < 1.29 is 23.5 Å². The van der Waals surface area contributed by atoms with Gasteiger partial charge in [-0.2, -0.15) is 0 Å². The summed E-state index contributed by atoms with van der Waals surface area (Å²) in [6.07, 6.45) is 1.55.